The molecule has 0 aliphatic rings. The summed E-state index contributed by atoms with van der Waals surface area (Å²) >= 11 is 0. The van der Waals surface area contributed by atoms with E-state index in [1.807, 2.05) is 55.5 Å². The topological polar surface area (TPSA) is 96.9 Å². The second-order valence-corrected chi connectivity index (χ2v) is 5.72. The lowest BCUT2D eigenvalue weighted by Crippen LogP contribution is -2.47. The fourth-order valence-corrected chi connectivity index (χ4v) is 2.20. The van der Waals surface area contributed by atoms with E-state index < -0.39 is 18.2 Å². The second-order valence-electron chi connectivity index (χ2n) is 5.72. The molecular formula is C19H22N2O5. The molecule has 2 aromatic rings. The van der Waals surface area contributed by atoms with Crippen molar-refractivity contribution in [1.29, 1.82) is 0 Å². The van der Waals surface area contributed by atoms with E-state index in [0.717, 1.165) is 11.1 Å². The van der Waals surface area contributed by atoms with Crippen LogP contribution in [0.25, 0.3) is 0 Å². The normalized spacial score (nSPS) is 11.3. The highest BCUT2D eigenvalue weighted by molar-refractivity contribution is 5.68. The molecule has 0 saturated heterocycles. The van der Waals surface area contributed by atoms with Crippen LogP contribution in [0.15, 0.2) is 54.6 Å². The van der Waals surface area contributed by atoms with Gasteiger partial charge in [-0.2, -0.15) is 0 Å². The number of ether oxygens (including phenoxy) is 2. The molecule has 0 spiro atoms. The maximum absolute atomic E-state index is 12.0. The molecule has 0 aliphatic heterocycles. The lowest BCUT2D eigenvalue weighted by Gasteiger charge is -2.19. The van der Waals surface area contributed by atoms with Crippen LogP contribution in [0, 0.1) is 6.92 Å². The number of nitrogens with one attached hydrogen (secondary N) is 2. The minimum absolute atomic E-state index is 0.00157. The van der Waals surface area contributed by atoms with Gasteiger partial charge in [-0.05, 0) is 30.2 Å². The Balaban J connectivity index is 1.86. The Morgan fingerprint density at radius 1 is 1.12 bits per heavy atom. The highest BCUT2D eigenvalue weighted by atomic mass is 16.5. The Hall–Kier alpha value is -3.22. The van der Waals surface area contributed by atoms with Crippen molar-refractivity contribution in [3.05, 3.63) is 65.7 Å². The zero-order valence-electron chi connectivity index (χ0n) is 14.5. The summed E-state index contributed by atoms with van der Waals surface area (Å²) < 4.78 is 10.8. The van der Waals surface area contributed by atoms with Gasteiger partial charge in [-0.3, -0.25) is 0 Å². The molecule has 0 aromatic heterocycles. The molecule has 0 fully saturated rings. The van der Waals surface area contributed by atoms with E-state index in [-0.39, 0.29) is 19.8 Å². The van der Waals surface area contributed by atoms with Gasteiger partial charge < -0.3 is 25.2 Å². The van der Waals surface area contributed by atoms with E-state index in [0.29, 0.717) is 5.75 Å². The summed E-state index contributed by atoms with van der Waals surface area (Å²) in [5, 5.41) is 13.6. The Bertz CT molecular complexity index is 721. The molecule has 0 saturated carbocycles. The van der Waals surface area contributed by atoms with Crippen molar-refractivity contribution in [1.82, 2.24) is 10.6 Å². The zero-order valence-corrected chi connectivity index (χ0v) is 14.5. The van der Waals surface area contributed by atoms with Gasteiger partial charge in [0.1, 0.15) is 19.0 Å². The molecule has 138 valence electrons. The Morgan fingerprint density at radius 2 is 1.88 bits per heavy atom. The minimum atomic E-state index is -1.18. The monoisotopic (exact) mass is 358 g/mol. The van der Waals surface area contributed by atoms with Crippen molar-refractivity contribution < 1.29 is 24.2 Å². The van der Waals surface area contributed by atoms with Crippen LogP contribution in [0.2, 0.25) is 0 Å². The van der Waals surface area contributed by atoms with Crippen LogP contribution < -0.4 is 15.4 Å². The van der Waals surface area contributed by atoms with Crippen LogP contribution in [0.3, 0.4) is 0 Å². The van der Waals surface area contributed by atoms with Crippen LogP contribution in [-0.4, -0.2) is 36.5 Å². The summed E-state index contributed by atoms with van der Waals surface area (Å²) in [5.74, 6) is 0.643. The maximum Gasteiger partial charge on any atom is 0.407 e. The van der Waals surface area contributed by atoms with E-state index >= 15 is 0 Å². The molecule has 1 unspecified atom stereocenters. The number of rotatable bonds is 8. The van der Waals surface area contributed by atoms with Gasteiger partial charge in [0.25, 0.3) is 0 Å². The largest absolute Gasteiger partial charge is 0.491 e. The highest BCUT2D eigenvalue weighted by Gasteiger charge is 2.15. The van der Waals surface area contributed by atoms with E-state index in [4.69, 9.17) is 14.6 Å². The number of aryl methyl sites for hydroxylation is 1. The van der Waals surface area contributed by atoms with E-state index in [1.54, 1.807) is 6.07 Å². The summed E-state index contributed by atoms with van der Waals surface area (Å²) in [5.41, 5.74) is 1.90. The van der Waals surface area contributed by atoms with Crippen molar-refractivity contribution in [3.8, 4) is 5.75 Å². The molecule has 0 bridgehead atoms. The molecule has 0 heterocycles. The molecule has 7 heteroatoms. The van der Waals surface area contributed by atoms with Gasteiger partial charge >= 0.3 is 12.2 Å². The van der Waals surface area contributed by atoms with Crippen molar-refractivity contribution in [2.24, 2.45) is 0 Å². The third kappa shape index (κ3) is 7.12. The van der Waals surface area contributed by atoms with E-state index in [2.05, 4.69) is 10.6 Å². The highest BCUT2D eigenvalue weighted by Crippen LogP contribution is 2.12. The lowest BCUT2D eigenvalue weighted by molar-refractivity contribution is 0.130. The Labute approximate surface area is 151 Å². The van der Waals surface area contributed by atoms with Gasteiger partial charge in [0.2, 0.25) is 0 Å². The van der Waals surface area contributed by atoms with E-state index in [1.165, 1.54) is 0 Å². The molecule has 7 nitrogen and oxygen atoms in total. The van der Waals surface area contributed by atoms with Gasteiger partial charge in [0.05, 0.1) is 6.04 Å². The molecule has 2 rings (SSSR count). The number of carbonyl (C=O) groups excluding carboxylic acids is 1. The Kier molecular flexibility index (Phi) is 7.30. The van der Waals surface area contributed by atoms with Gasteiger partial charge in [0, 0.05) is 6.54 Å². The predicted molar refractivity (Wildman–Crippen MR) is 96.3 cm³/mol. The standard InChI is InChI=1S/C19H22N2O5/c1-14-6-5-9-17(10-14)25-13-16(11-20-18(22)23)21-19(24)26-12-15-7-3-2-4-8-15/h2-10,16,20H,11-13H2,1H3,(H,21,24)(H,22,23). The van der Waals surface area contributed by atoms with Crippen LogP contribution in [-0.2, 0) is 11.3 Å². The number of carboxylic acid groups (broad SMARTS) is 1. The fraction of sp³-hybridized carbons (Fsp3) is 0.263. The molecule has 1 atom stereocenters. The number of amides is 2. The first kappa shape index (κ1) is 19.1. The van der Waals surface area contributed by atoms with Crippen LogP contribution in [0.1, 0.15) is 11.1 Å². The average Bonchev–Trinajstić information content (AvgIpc) is 2.63. The number of hydrogen-bond donors (Lipinski definition) is 3. The number of alkyl carbamates (subject to hydrolysis) is 1. The third-order valence-corrected chi connectivity index (χ3v) is 3.48. The molecule has 0 radical (unpaired) electrons. The summed E-state index contributed by atoms with van der Waals surface area (Å²) in [4.78, 5) is 22.7. The summed E-state index contributed by atoms with van der Waals surface area (Å²) in [7, 11) is 0. The van der Waals surface area contributed by atoms with E-state index in [9.17, 15) is 9.59 Å². The fourth-order valence-electron chi connectivity index (χ4n) is 2.20. The quantitative estimate of drug-likeness (QED) is 0.674. The molecular weight excluding hydrogens is 336 g/mol. The number of carbonyl (C=O) groups is 2. The minimum Gasteiger partial charge on any atom is -0.491 e. The average molecular weight is 358 g/mol. The summed E-state index contributed by atoms with van der Waals surface area (Å²) in [6.45, 7) is 2.17. The first-order valence-corrected chi connectivity index (χ1v) is 8.16. The second kappa shape index (κ2) is 9.93. The molecule has 3 N–H and O–H groups in total. The molecule has 0 aliphatic carbocycles. The van der Waals surface area contributed by atoms with Gasteiger partial charge in [-0.1, -0.05) is 42.5 Å². The SMILES string of the molecule is Cc1cccc(OCC(CNC(=O)O)NC(=O)OCc2ccccc2)c1. The van der Waals surface area contributed by atoms with Crippen LogP contribution in [0.4, 0.5) is 9.59 Å². The molecule has 26 heavy (non-hydrogen) atoms. The van der Waals surface area contributed by atoms with Crippen molar-refractivity contribution in [2.45, 2.75) is 19.6 Å². The lowest BCUT2D eigenvalue weighted by atomic mass is 10.2. The molecule has 2 aromatic carbocycles. The van der Waals surface area contributed by atoms with Crippen molar-refractivity contribution in [3.63, 3.8) is 0 Å². The number of benzene rings is 2. The van der Waals surface area contributed by atoms with Crippen molar-refractivity contribution in [2.75, 3.05) is 13.2 Å². The zero-order chi connectivity index (χ0) is 18.8. The van der Waals surface area contributed by atoms with Crippen LogP contribution in [0.5, 0.6) is 5.75 Å². The predicted octanol–water partition coefficient (Wildman–Crippen LogP) is 2.94. The van der Waals surface area contributed by atoms with Gasteiger partial charge in [-0.25, -0.2) is 9.59 Å². The molecule has 2 amide bonds. The summed E-state index contributed by atoms with van der Waals surface area (Å²) in [6.07, 6.45) is -1.82. The van der Waals surface area contributed by atoms with Gasteiger partial charge in [0.15, 0.2) is 0 Å². The number of hydrogen-bond acceptors (Lipinski definition) is 4. The smallest absolute Gasteiger partial charge is 0.407 e. The van der Waals surface area contributed by atoms with Crippen molar-refractivity contribution >= 4 is 12.2 Å². The first-order valence-electron chi connectivity index (χ1n) is 8.16. The maximum atomic E-state index is 12.0. The first-order chi connectivity index (χ1) is 12.5. The van der Waals surface area contributed by atoms with Crippen LogP contribution >= 0.6 is 0 Å². The summed E-state index contributed by atoms with van der Waals surface area (Å²) in [6, 6.07) is 16.1. The Morgan fingerprint density at radius 3 is 2.58 bits per heavy atom. The van der Waals surface area contributed by atoms with Gasteiger partial charge in [-0.15, -0.1) is 0 Å². The third-order valence-electron chi connectivity index (χ3n) is 3.48.